The van der Waals surface area contributed by atoms with Crippen LogP contribution in [-0.2, 0) is 10.9 Å². The van der Waals surface area contributed by atoms with Gasteiger partial charge in [0.25, 0.3) is 0 Å². The minimum Gasteiger partial charge on any atom is -0.444 e. The van der Waals surface area contributed by atoms with Crippen LogP contribution in [0.4, 0.5) is 18.0 Å². The number of carbonyl (C=O) groups is 2. The van der Waals surface area contributed by atoms with Gasteiger partial charge in [0.15, 0.2) is 0 Å². The van der Waals surface area contributed by atoms with Crippen LogP contribution in [0.5, 0.6) is 0 Å². The molecule has 1 amide bonds. The first-order chi connectivity index (χ1) is 11.3. The Kier molecular flexibility index (Phi) is 6.55. The Balaban J connectivity index is 2.90. The number of carbonyl (C=O) groups excluding carboxylic acids is 2. The first-order valence-electron chi connectivity index (χ1n) is 7.34. The number of aldehydes is 1. The highest BCUT2D eigenvalue weighted by atomic mass is 19.4. The maximum atomic E-state index is 13.1. The van der Waals surface area contributed by atoms with Gasteiger partial charge in [-0.15, -0.1) is 0 Å². The highest BCUT2D eigenvalue weighted by Crippen LogP contribution is 2.36. The first kappa shape index (κ1) is 20.9. The van der Waals surface area contributed by atoms with E-state index in [0.717, 1.165) is 12.1 Å². The molecule has 1 rings (SSSR count). The van der Waals surface area contributed by atoms with Crippen molar-refractivity contribution in [3.63, 3.8) is 0 Å². The summed E-state index contributed by atoms with van der Waals surface area (Å²) in [6, 6.07) is 2.59. The van der Waals surface area contributed by atoms with Crippen LogP contribution in [0.15, 0.2) is 18.2 Å². The summed E-state index contributed by atoms with van der Waals surface area (Å²) in [4.78, 5) is 22.1. The molecule has 0 bridgehead atoms. The predicted octanol–water partition coefficient (Wildman–Crippen LogP) is 2.44. The molecule has 2 atom stereocenters. The van der Waals surface area contributed by atoms with E-state index in [4.69, 9.17) is 4.74 Å². The van der Waals surface area contributed by atoms with E-state index >= 15 is 0 Å². The Morgan fingerprint density at radius 1 is 1.28 bits per heavy atom. The number of ether oxygens (including phenoxy) is 1. The van der Waals surface area contributed by atoms with E-state index in [9.17, 15) is 33.0 Å². The van der Waals surface area contributed by atoms with Crippen molar-refractivity contribution in [3.05, 3.63) is 34.9 Å². The maximum Gasteiger partial charge on any atom is 0.416 e. The molecule has 25 heavy (non-hydrogen) atoms. The first-order valence-corrected chi connectivity index (χ1v) is 7.34. The monoisotopic (exact) mass is 363 g/mol. The Labute approximate surface area is 142 Å². The molecule has 0 saturated carbocycles. The number of rotatable bonds is 5. The third-order valence-electron chi connectivity index (χ3n) is 3.06. The van der Waals surface area contributed by atoms with E-state index in [1.54, 1.807) is 20.8 Å². The van der Waals surface area contributed by atoms with E-state index in [-0.39, 0.29) is 11.8 Å². The molecule has 0 spiro atoms. The van der Waals surface area contributed by atoms with Crippen molar-refractivity contribution in [2.45, 2.75) is 44.8 Å². The quantitative estimate of drug-likeness (QED) is 0.699. The molecule has 0 fully saturated rings. The van der Waals surface area contributed by atoms with Gasteiger partial charge >= 0.3 is 12.3 Å². The van der Waals surface area contributed by atoms with Gasteiger partial charge in [0.05, 0.1) is 5.56 Å². The molecule has 1 aromatic carbocycles. The molecule has 2 unspecified atom stereocenters. The van der Waals surface area contributed by atoms with E-state index in [0.29, 0.717) is 6.07 Å². The minimum absolute atomic E-state index is 0.218. The number of aliphatic hydroxyl groups excluding tert-OH is 2. The van der Waals surface area contributed by atoms with Gasteiger partial charge in [-0.1, -0.05) is 12.1 Å². The topological polar surface area (TPSA) is 95.9 Å². The lowest BCUT2D eigenvalue weighted by Crippen LogP contribution is -2.39. The molecule has 3 N–H and O–H groups in total. The Bertz CT molecular complexity index is 625. The molecule has 0 radical (unpaired) electrons. The number of amides is 1. The maximum absolute atomic E-state index is 13.1. The van der Waals surface area contributed by atoms with E-state index in [2.05, 4.69) is 5.32 Å². The number of aliphatic hydroxyl groups is 2. The lowest BCUT2D eigenvalue weighted by molar-refractivity contribution is -0.139. The molecule has 140 valence electrons. The van der Waals surface area contributed by atoms with Gasteiger partial charge in [-0.2, -0.15) is 13.2 Å². The smallest absolute Gasteiger partial charge is 0.416 e. The van der Waals surface area contributed by atoms with Gasteiger partial charge < -0.3 is 20.3 Å². The summed E-state index contributed by atoms with van der Waals surface area (Å²) >= 11 is 0. The number of alkyl halides is 3. The normalized spacial score (nSPS) is 14.6. The number of halogens is 3. The summed E-state index contributed by atoms with van der Waals surface area (Å²) in [5.41, 5.74) is -2.84. The van der Waals surface area contributed by atoms with Crippen molar-refractivity contribution in [2.75, 3.05) is 6.54 Å². The van der Waals surface area contributed by atoms with Gasteiger partial charge in [0, 0.05) is 12.1 Å². The van der Waals surface area contributed by atoms with E-state index in [1.165, 1.54) is 0 Å². The van der Waals surface area contributed by atoms with Gasteiger partial charge in [-0.05, 0) is 32.4 Å². The largest absolute Gasteiger partial charge is 0.444 e. The van der Waals surface area contributed by atoms with Crippen LogP contribution in [0.1, 0.15) is 48.4 Å². The average Bonchev–Trinajstić information content (AvgIpc) is 2.48. The van der Waals surface area contributed by atoms with Gasteiger partial charge in [-0.25, -0.2) is 4.79 Å². The van der Waals surface area contributed by atoms with Crippen LogP contribution in [0.2, 0.25) is 0 Å². The lowest BCUT2D eigenvalue weighted by atomic mass is 9.96. The fourth-order valence-electron chi connectivity index (χ4n) is 1.97. The van der Waals surface area contributed by atoms with Crippen molar-refractivity contribution in [3.8, 4) is 0 Å². The number of benzene rings is 1. The van der Waals surface area contributed by atoms with Crippen molar-refractivity contribution < 1.29 is 37.7 Å². The molecule has 0 aliphatic rings. The van der Waals surface area contributed by atoms with Gasteiger partial charge in [0.1, 0.15) is 24.1 Å². The zero-order chi connectivity index (χ0) is 19.4. The molecule has 1 aromatic rings. The Hall–Kier alpha value is -2.13. The standard InChI is InChI=1S/C16H20F3NO5/c1-15(2,3)25-14(24)20-7-12(22)13(23)10-5-4-9(8-21)6-11(10)16(17,18)19/h4-6,8,12-13,22-23H,7H2,1-3H3,(H,20,24). The predicted molar refractivity (Wildman–Crippen MR) is 82.0 cm³/mol. The molecule has 0 aliphatic carbocycles. The lowest BCUT2D eigenvalue weighted by Gasteiger charge is -2.24. The van der Waals surface area contributed by atoms with Crippen molar-refractivity contribution in [1.82, 2.24) is 5.32 Å². The molecule has 9 heteroatoms. The summed E-state index contributed by atoms with van der Waals surface area (Å²) < 4.78 is 44.2. The second-order valence-electron chi connectivity index (χ2n) is 6.36. The number of alkyl carbamates (subject to hydrolysis) is 1. The summed E-state index contributed by atoms with van der Waals surface area (Å²) in [6.45, 7) is 4.31. The van der Waals surface area contributed by atoms with Gasteiger partial charge in [-0.3, -0.25) is 4.79 Å². The summed E-state index contributed by atoms with van der Waals surface area (Å²) in [7, 11) is 0. The van der Waals surface area contributed by atoms with E-state index < -0.39 is 47.8 Å². The van der Waals surface area contributed by atoms with Crippen molar-refractivity contribution in [2.24, 2.45) is 0 Å². The molecule has 0 aromatic heterocycles. The van der Waals surface area contributed by atoms with Crippen LogP contribution in [-0.4, -0.2) is 40.8 Å². The highest BCUT2D eigenvalue weighted by molar-refractivity contribution is 5.75. The zero-order valence-electron chi connectivity index (χ0n) is 13.9. The fraction of sp³-hybridized carbons (Fsp3) is 0.500. The zero-order valence-corrected chi connectivity index (χ0v) is 13.9. The van der Waals surface area contributed by atoms with Crippen molar-refractivity contribution >= 4 is 12.4 Å². The van der Waals surface area contributed by atoms with Crippen LogP contribution in [0.25, 0.3) is 0 Å². The van der Waals surface area contributed by atoms with E-state index in [1.807, 2.05) is 0 Å². The molecule has 0 saturated heterocycles. The summed E-state index contributed by atoms with van der Waals surface area (Å²) in [5.74, 6) is 0. The van der Waals surface area contributed by atoms with Crippen LogP contribution in [0, 0.1) is 0 Å². The number of nitrogens with one attached hydrogen (secondary N) is 1. The van der Waals surface area contributed by atoms with Crippen molar-refractivity contribution in [1.29, 1.82) is 0 Å². The van der Waals surface area contributed by atoms with Crippen LogP contribution in [0.3, 0.4) is 0 Å². The minimum atomic E-state index is -4.83. The third-order valence-corrected chi connectivity index (χ3v) is 3.06. The highest BCUT2D eigenvalue weighted by Gasteiger charge is 2.36. The Morgan fingerprint density at radius 3 is 2.36 bits per heavy atom. The molecule has 6 nitrogen and oxygen atoms in total. The fourth-order valence-corrected chi connectivity index (χ4v) is 1.97. The molecular formula is C16H20F3NO5. The second kappa shape index (κ2) is 7.83. The summed E-state index contributed by atoms with van der Waals surface area (Å²) in [6.07, 6.45) is -9.10. The second-order valence-corrected chi connectivity index (χ2v) is 6.36. The molecule has 0 aliphatic heterocycles. The number of hydrogen-bond acceptors (Lipinski definition) is 5. The van der Waals surface area contributed by atoms with Crippen LogP contribution < -0.4 is 5.32 Å². The third kappa shape index (κ3) is 6.35. The molecule has 0 heterocycles. The Morgan fingerprint density at radius 2 is 1.88 bits per heavy atom. The van der Waals surface area contributed by atoms with Gasteiger partial charge in [0.2, 0.25) is 0 Å². The SMILES string of the molecule is CC(C)(C)OC(=O)NCC(O)C(O)c1ccc(C=O)cc1C(F)(F)F. The summed E-state index contributed by atoms with van der Waals surface area (Å²) in [5, 5.41) is 22.1. The number of hydrogen-bond donors (Lipinski definition) is 3. The van der Waals surface area contributed by atoms with Crippen LogP contribution >= 0.6 is 0 Å². The molecular weight excluding hydrogens is 343 g/mol. The average molecular weight is 363 g/mol.